The number of benzene rings is 9. The molecule has 0 unspecified atom stereocenters. The minimum atomic E-state index is -0.422. The van der Waals surface area contributed by atoms with Crippen LogP contribution in [0.4, 0.5) is 0 Å². The van der Waals surface area contributed by atoms with E-state index in [4.69, 9.17) is 16.8 Å². The van der Waals surface area contributed by atoms with Crippen molar-refractivity contribution in [2.24, 2.45) is 0 Å². The maximum atomic E-state index is 8.70. The molecule has 0 N–H and O–H groups in total. The Labute approximate surface area is 313 Å². The Hall–Kier alpha value is -7.10. The molecule has 0 fully saturated rings. The van der Waals surface area contributed by atoms with Crippen LogP contribution in [0.1, 0.15) is 6.85 Å². The Morgan fingerprint density at radius 3 is 1.92 bits per heavy atom. The van der Waals surface area contributed by atoms with Crippen molar-refractivity contribution in [1.29, 1.82) is 0 Å². The molecular weight excluding hydrogens is 643 g/mol. The van der Waals surface area contributed by atoms with Gasteiger partial charge in [0.1, 0.15) is 0 Å². The summed E-state index contributed by atoms with van der Waals surface area (Å²) >= 11 is 0. The Morgan fingerprint density at radius 1 is 0.415 bits per heavy atom. The van der Waals surface area contributed by atoms with E-state index in [2.05, 4.69) is 126 Å². The average molecular weight is 679 g/mol. The van der Waals surface area contributed by atoms with E-state index in [0.29, 0.717) is 28.0 Å². The van der Waals surface area contributed by atoms with Crippen LogP contribution in [0.2, 0.25) is 0 Å². The summed E-state index contributed by atoms with van der Waals surface area (Å²) in [5, 5.41) is 9.71. The molecule has 3 heteroatoms. The van der Waals surface area contributed by atoms with Crippen molar-refractivity contribution in [2.75, 3.05) is 0 Å². The van der Waals surface area contributed by atoms with Gasteiger partial charge in [-0.25, -0.2) is 9.97 Å². The van der Waals surface area contributed by atoms with Gasteiger partial charge in [-0.05, 0) is 86.6 Å². The molecule has 3 nitrogen and oxygen atoms in total. The zero-order valence-electron chi connectivity index (χ0n) is 33.4. The highest BCUT2D eigenvalue weighted by Crippen LogP contribution is 2.40. The van der Waals surface area contributed by atoms with Crippen LogP contribution in [0.15, 0.2) is 188 Å². The van der Waals surface area contributed by atoms with Gasteiger partial charge < -0.3 is 4.57 Å². The predicted molar refractivity (Wildman–Crippen MR) is 223 cm³/mol. The third-order valence-electron chi connectivity index (χ3n) is 10.4. The second-order valence-corrected chi connectivity index (χ2v) is 13.4. The smallest absolute Gasteiger partial charge is 0.161 e. The third kappa shape index (κ3) is 4.75. The SMILES string of the molecule is [2H]c1c([2H])c([2H])c(-c2ccc3nc(-c4ccc(-n5c6ccccc6c6cc7ccccc7cc65)c5ccccc45)nc(-c4ccc5ccccc5c4)c3c2)c([2H])c1[2H]. The van der Waals surface area contributed by atoms with Crippen LogP contribution in [-0.2, 0) is 0 Å². The van der Waals surface area contributed by atoms with Crippen molar-refractivity contribution >= 4 is 65.0 Å². The number of rotatable bonds is 4. The van der Waals surface area contributed by atoms with E-state index in [9.17, 15) is 0 Å². The van der Waals surface area contributed by atoms with Crippen molar-refractivity contribution in [3.05, 3.63) is 188 Å². The van der Waals surface area contributed by atoms with Crippen molar-refractivity contribution < 1.29 is 6.85 Å². The predicted octanol–water partition coefficient (Wildman–Crippen LogP) is 13.2. The summed E-state index contributed by atoms with van der Waals surface area (Å²) in [4.78, 5) is 10.5. The Morgan fingerprint density at radius 2 is 1.09 bits per heavy atom. The normalized spacial score (nSPS) is 13.1. The van der Waals surface area contributed by atoms with Crippen LogP contribution in [0, 0.1) is 0 Å². The minimum absolute atomic E-state index is 0.140. The van der Waals surface area contributed by atoms with Crippen molar-refractivity contribution in [1.82, 2.24) is 14.5 Å². The van der Waals surface area contributed by atoms with Crippen LogP contribution in [0.5, 0.6) is 0 Å². The van der Waals surface area contributed by atoms with Crippen LogP contribution < -0.4 is 0 Å². The average Bonchev–Trinajstić information content (AvgIpc) is 3.58. The summed E-state index contributed by atoms with van der Waals surface area (Å²) in [5.41, 5.74) is 7.06. The Balaban J connectivity index is 1.16. The van der Waals surface area contributed by atoms with Crippen LogP contribution in [0.3, 0.4) is 0 Å². The molecule has 0 amide bonds. The fraction of sp³-hybridized carbons (Fsp3) is 0. The van der Waals surface area contributed by atoms with Crippen molar-refractivity contribution in [2.45, 2.75) is 0 Å². The van der Waals surface area contributed by atoms with Gasteiger partial charge in [0.05, 0.1) is 34.8 Å². The van der Waals surface area contributed by atoms with Gasteiger partial charge in [0.2, 0.25) is 0 Å². The second kappa shape index (κ2) is 11.7. The lowest BCUT2D eigenvalue weighted by Crippen LogP contribution is -1.99. The summed E-state index contributed by atoms with van der Waals surface area (Å²) in [6.07, 6.45) is 0. The first-order valence-corrected chi connectivity index (χ1v) is 17.7. The summed E-state index contributed by atoms with van der Waals surface area (Å²) in [6.45, 7) is 0. The molecule has 9 aromatic carbocycles. The highest BCUT2D eigenvalue weighted by atomic mass is 15.0. The van der Waals surface area contributed by atoms with Gasteiger partial charge in [-0.15, -0.1) is 0 Å². The summed E-state index contributed by atoms with van der Waals surface area (Å²) in [6, 6.07) is 52.6. The molecule has 246 valence electrons. The quantitative estimate of drug-likeness (QED) is 0.185. The molecule has 0 aliphatic carbocycles. The van der Waals surface area contributed by atoms with E-state index in [1.165, 1.54) is 21.5 Å². The van der Waals surface area contributed by atoms with E-state index >= 15 is 0 Å². The van der Waals surface area contributed by atoms with Crippen molar-refractivity contribution in [3.8, 4) is 39.5 Å². The number of nitrogens with zero attached hydrogens (tertiary/aromatic N) is 3. The van der Waals surface area contributed by atoms with E-state index in [1.807, 2.05) is 30.3 Å². The summed E-state index contributed by atoms with van der Waals surface area (Å²) in [7, 11) is 0. The Bertz CT molecular complexity index is 3510. The molecule has 11 aromatic rings. The zero-order valence-corrected chi connectivity index (χ0v) is 28.4. The number of para-hydroxylation sites is 1. The lowest BCUT2D eigenvalue weighted by atomic mass is 9.97. The Kier molecular flexibility index (Phi) is 5.52. The number of hydrogen-bond donors (Lipinski definition) is 0. The second-order valence-electron chi connectivity index (χ2n) is 13.4. The zero-order chi connectivity index (χ0) is 39.2. The molecule has 0 aliphatic rings. The molecule has 0 saturated heterocycles. The van der Waals surface area contributed by atoms with Gasteiger partial charge in [-0.3, -0.25) is 0 Å². The van der Waals surface area contributed by atoms with E-state index in [1.54, 1.807) is 6.07 Å². The fourth-order valence-electron chi connectivity index (χ4n) is 7.94. The van der Waals surface area contributed by atoms with Gasteiger partial charge in [-0.2, -0.15) is 0 Å². The number of aromatic nitrogens is 3. The van der Waals surface area contributed by atoms with Gasteiger partial charge in [0.15, 0.2) is 5.82 Å². The topological polar surface area (TPSA) is 30.7 Å². The molecule has 0 atom stereocenters. The number of hydrogen-bond acceptors (Lipinski definition) is 2. The highest BCUT2D eigenvalue weighted by Gasteiger charge is 2.19. The maximum absolute atomic E-state index is 8.70. The molecule has 11 rings (SSSR count). The molecule has 0 aliphatic heterocycles. The standard InChI is InChI=1S/C50H31N3/c1-2-12-32(13-3-1)37-24-26-45-44(30-37)49(38-23-22-33-14-4-5-15-34(33)28-38)52-50(51-45)42-25-27-47(40-19-9-8-18-39(40)42)53-46-21-11-10-20-41(46)43-29-35-16-6-7-17-36(35)31-48(43)53/h1-31H/i1D,2D,3D,12D,13D. The molecule has 0 bridgehead atoms. The molecule has 2 aromatic heterocycles. The van der Waals surface area contributed by atoms with Gasteiger partial charge in [0.25, 0.3) is 0 Å². The molecule has 0 saturated carbocycles. The largest absolute Gasteiger partial charge is 0.309 e. The van der Waals surface area contributed by atoms with Crippen molar-refractivity contribution in [3.63, 3.8) is 0 Å². The van der Waals surface area contributed by atoms with Gasteiger partial charge in [-0.1, -0.05) is 139 Å². The van der Waals surface area contributed by atoms with Crippen LogP contribution in [0.25, 0.3) is 104 Å². The van der Waals surface area contributed by atoms with Gasteiger partial charge >= 0.3 is 0 Å². The van der Waals surface area contributed by atoms with E-state index < -0.39 is 6.04 Å². The fourth-order valence-corrected chi connectivity index (χ4v) is 7.94. The monoisotopic (exact) mass is 678 g/mol. The highest BCUT2D eigenvalue weighted by molar-refractivity contribution is 6.15. The molecule has 2 heterocycles. The van der Waals surface area contributed by atoms with Crippen LogP contribution in [-0.4, -0.2) is 14.5 Å². The first-order valence-electron chi connectivity index (χ1n) is 20.2. The molecule has 53 heavy (non-hydrogen) atoms. The minimum Gasteiger partial charge on any atom is -0.309 e. The molecule has 0 spiro atoms. The lowest BCUT2D eigenvalue weighted by Gasteiger charge is -2.16. The lowest BCUT2D eigenvalue weighted by molar-refractivity contribution is 1.19. The third-order valence-corrected chi connectivity index (χ3v) is 10.4. The van der Waals surface area contributed by atoms with Crippen LogP contribution >= 0.6 is 0 Å². The first-order chi connectivity index (χ1) is 28.3. The van der Waals surface area contributed by atoms with E-state index in [-0.39, 0.29) is 29.7 Å². The molecule has 0 radical (unpaired) electrons. The molecular formula is C50H31N3. The first kappa shape index (κ1) is 25.0. The van der Waals surface area contributed by atoms with E-state index in [0.717, 1.165) is 49.4 Å². The maximum Gasteiger partial charge on any atom is 0.161 e. The number of fused-ring (bicyclic) bond motifs is 7. The van der Waals surface area contributed by atoms with Gasteiger partial charge in [0, 0.05) is 32.7 Å². The summed E-state index contributed by atoms with van der Waals surface area (Å²) in [5.74, 6) is 0.558. The summed E-state index contributed by atoms with van der Waals surface area (Å²) < 4.78 is 44.6.